The largest absolute Gasteiger partial charge is 0.477 e. The zero-order valence-electron chi connectivity index (χ0n) is 9.09. The predicted octanol–water partition coefficient (Wildman–Crippen LogP) is 2.85. The first kappa shape index (κ1) is 12.2. The Morgan fingerprint density at radius 2 is 2.27 bits per heavy atom. The van der Waals surface area contributed by atoms with Crippen molar-refractivity contribution in [2.75, 3.05) is 19.0 Å². The Balaban J connectivity index is 2.51. The Labute approximate surface area is 98.6 Å². The van der Waals surface area contributed by atoms with E-state index in [1.54, 1.807) is 13.2 Å². The fourth-order valence-electron chi connectivity index (χ4n) is 1.09. The average Bonchev–Trinajstić information content (AvgIpc) is 2.26. The Morgan fingerprint density at radius 1 is 1.47 bits per heavy atom. The van der Waals surface area contributed by atoms with Crippen LogP contribution < -0.4 is 10.1 Å². The molecule has 15 heavy (non-hydrogen) atoms. The van der Waals surface area contributed by atoms with Crippen molar-refractivity contribution in [1.82, 2.24) is 9.97 Å². The van der Waals surface area contributed by atoms with Crippen LogP contribution in [0.2, 0.25) is 0 Å². The molecule has 0 fully saturated rings. The molecule has 0 saturated carbocycles. The van der Waals surface area contributed by atoms with E-state index >= 15 is 0 Å². The quantitative estimate of drug-likeness (QED) is 0.810. The van der Waals surface area contributed by atoms with Crippen LogP contribution in [-0.2, 0) is 0 Å². The van der Waals surface area contributed by atoms with Gasteiger partial charge in [0.2, 0.25) is 11.8 Å². The summed E-state index contributed by atoms with van der Waals surface area (Å²) in [7, 11) is 1.78. The molecule has 1 aromatic rings. The zero-order valence-corrected chi connectivity index (χ0v) is 10.7. The first-order chi connectivity index (χ1) is 7.27. The molecule has 0 saturated heterocycles. The molecular weight excluding hydrogens is 258 g/mol. The summed E-state index contributed by atoms with van der Waals surface area (Å²) in [4.78, 5) is 8.25. The normalized spacial score (nSPS) is 10.1. The lowest BCUT2D eigenvalue weighted by molar-refractivity contribution is 0.293. The van der Waals surface area contributed by atoms with Crippen LogP contribution in [0, 0.1) is 0 Å². The monoisotopic (exact) mass is 273 g/mol. The van der Waals surface area contributed by atoms with Crippen molar-refractivity contribution in [1.29, 1.82) is 0 Å². The third-order valence-electron chi connectivity index (χ3n) is 1.92. The molecule has 1 aromatic heterocycles. The highest BCUT2D eigenvalue weighted by molar-refractivity contribution is 9.10. The van der Waals surface area contributed by atoms with E-state index in [9.17, 15) is 0 Å². The second-order valence-corrected chi connectivity index (χ2v) is 4.01. The topological polar surface area (TPSA) is 47.0 Å². The van der Waals surface area contributed by atoms with E-state index in [4.69, 9.17) is 4.74 Å². The molecule has 0 atom stereocenters. The molecule has 0 bridgehead atoms. The molecule has 1 heterocycles. The summed E-state index contributed by atoms with van der Waals surface area (Å²) in [5.74, 6) is 1.18. The third-order valence-corrected chi connectivity index (χ3v) is 2.47. The number of unbranched alkanes of at least 4 members (excludes halogenated alkanes) is 2. The fourth-order valence-corrected chi connectivity index (χ4v) is 1.40. The van der Waals surface area contributed by atoms with Crippen molar-refractivity contribution in [3.05, 3.63) is 10.7 Å². The number of anilines is 1. The summed E-state index contributed by atoms with van der Waals surface area (Å²) in [5, 5.41) is 2.87. The SMILES string of the molecule is CCCCCOc1nc(NC)ncc1Br. The highest BCUT2D eigenvalue weighted by Crippen LogP contribution is 2.22. The maximum absolute atomic E-state index is 5.54. The minimum Gasteiger partial charge on any atom is -0.477 e. The van der Waals surface area contributed by atoms with Gasteiger partial charge in [-0.05, 0) is 22.4 Å². The lowest BCUT2D eigenvalue weighted by Gasteiger charge is -2.07. The van der Waals surface area contributed by atoms with Gasteiger partial charge in [0, 0.05) is 7.05 Å². The van der Waals surface area contributed by atoms with Crippen LogP contribution >= 0.6 is 15.9 Å². The summed E-state index contributed by atoms with van der Waals surface area (Å²) in [6, 6.07) is 0. The van der Waals surface area contributed by atoms with Crippen LogP contribution in [0.3, 0.4) is 0 Å². The molecule has 1 N–H and O–H groups in total. The Kier molecular flexibility index (Phi) is 5.39. The molecule has 84 valence electrons. The number of rotatable bonds is 6. The number of halogens is 1. The van der Waals surface area contributed by atoms with Gasteiger partial charge < -0.3 is 10.1 Å². The van der Waals surface area contributed by atoms with Crippen LogP contribution in [0.15, 0.2) is 10.7 Å². The molecular formula is C10H16BrN3O. The van der Waals surface area contributed by atoms with Gasteiger partial charge in [-0.2, -0.15) is 4.98 Å². The zero-order chi connectivity index (χ0) is 11.1. The molecule has 4 nitrogen and oxygen atoms in total. The molecule has 0 unspecified atom stereocenters. The van der Waals surface area contributed by atoms with Crippen LogP contribution in [0.25, 0.3) is 0 Å². The molecule has 0 aliphatic rings. The molecule has 0 amide bonds. The van der Waals surface area contributed by atoms with Gasteiger partial charge in [-0.25, -0.2) is 4.98 Å². The standard InChI is InChI=1S/C10H16BrN3O/c1-3-4-5-6-15-9-8(11)7-13-10(12-2)14-9/h7H,3-6H2,1-2H3,(H,12,13,14). The van der Waals surface area contributed by atoms with E-state index in [1.807, 2.05) is 0 Å². The number of aromatic nitrogens is 2. The number of nitrogens with zero attached hydrogens (tertiary/aromatic N) is 2. The summed E-state index contributed by atoms with van der Waals surface area (Å²) in [5.41, 5.74) is 0. The van der Waals surface area contributed by atoms with Gasteiger partial charge in [0.1, 0.15) is 0 Å². The number of hydrogen-bond acceptors (Lipinski definition) is 4. The van der Waals surface area contributed by atoms with E-state index < -0.39 is 0 Å². The maximum atomic E-state index is 5.54. The molecule has 0 radical (unpaired) electrons. The Hall–Kier alpha value is -0.840. The highest BCUT2D eigenvalue weighted by Gasteiger charge is 2.04. The van der Waals surface area contributed by atoms with Crippen molar-refractivity contribution >= 4 is 21.9 Å². The maximum Gasteiger partial charge on any atom is 0.232 e. The molecule has 1 rings (SSSR count). The molecule has 5 heteroatoms. The van der Waals surface area contributed by atoms with Gasteiger partial charge in [-0.1, -0.05) is 19.8 Å². The predicted molar refractivity (Wildman–Crippen MR) is 64.3 cm³/mol. The van der Waals surface area contributed by atoms with E-state index in [0.717, 1.165) is 10.9 Å². The van der Waals surface area contributed by atoms with Gasteiger partial charge in [-0.15, -0.1) is 0 Å². The molecule has 0 aromatic carbocycles. The third kappa shape index (κ3) is 4.03. The number of hydrogen-bond donors (Lipinski definition) is 1. The smallest absolute Gasteiger partial charge is 0.232 e. The lowest BCUT2D eigenvalue weighted by atomic mass is 10.3. The van der Waals surface area contributed by atoms with Crippen LogP contribution in [-0.4, -0.2) is 23.6 Å². The first-order valence-corrected chi connectivity index (χ1v) is 5.90. The molecule has 0 aliphatic heterocycles. The second-order valence-electron chi connectivity index (χ2n) is 3.15. The summed E-state index contributed by atoms with van der Waals surface area (Å²) in [6.45, 7) is 2.87. The van der Waals surface area contributed by atoms with E-state index in [1.165, 1.54) is 12.8 Å². The molecule has 0 aliphatic carbocycles. The van der Waals surface area contributed by atoms with Crippen LogP contribution in [0.1, 0.15) is 26.2 Å². The first-order valence-electron chi connectivity index (χ1n) is 5.11. The number of ether oxygens (including phenoxy) is 1. The van der Waals surface area contributed by atoms with Gasteiger partial charge in [0.05, 0.1) is 17.3 Å². The Bertz CT molecular complexity index is 307. The summed E-state index contributed by atoms with van der Waals surface area (Å²) in [6.07, 6.45) is 5.12. The van der Waals surface area contributed by atoms with Crippen LogP contribution in [0.4, 0.5) is 5.95 Å². The Morgan fingerprint density at radius 3 is 2.93 bits per heavy atom. The van der Waals surface area contributed by atoms with E-state index in [0.29, 0.717) is 18.4 Å². The van der Waals surface area contributed by atoms with Crippen molar-refractivity contribution in [2.45, 2.75) is 26.2 Å². The van der Waals surface area contributed by atoms with Crippen molar-refractivity contribution in [2.24, 2.45) is 0 Å². The van der Waals surface area contributed by atoms with Gasteiger partial charge >= 0.3 is 0 Å². The second kappa shape index (κ2) is 6.61. The van der Waals surface area contributed by atoms with Crippen LogP contribution in [0.5, 0.6) is 5.88 Å². The number of nitrogens with one attached hydrogen (secondary N) is 1. The summed E-state index contributed by atoms with van der Waals surface area (Å²) >= 11 is 3.35. The van der Waals surface area contributed by atoms with Crippen molar-refractivity contribution in [3.63, 3.8) is 0 Å². The highest BCUT2D eigenvalue weighted by atomic mass is 79.9. The summed E-state index contributed by atoms with van der Waals surface area (Å²) < 4.78 is 6.33. The van der Waals surface area contributed by atoms with E-state index in [2.05, 4.69) is 38.1 Å². The van der Waals surface area contributed by atoms with Crippen molar-refractivity contribution in [3.8, 4) is 5.88 Å². The average molecular weight is 274 g/mol. The lowest BCUT2D eigenvalue weighted by Crippen LogP contribution is -2.03. The van der Waals surface area contributed by atoms with E-state index in [-0.39, 0.29) is 0 Å². The fraction of sp³-hybridized carbons (Fsp3) is 0.600. The minimum atomic E-state index is 0.573. The van der Waals surface area contributed by atoms with Gasteiger partial charge in [0.25, 0.3) is 0 Å². The van der Waals surface area contributed by atoms with Gasteiger partial charge in [0.15, 0.2) is 0 Å². The van der Waals surface area contributed by atoms with Crippen molar-refractivity contribution < 1.29 is 4.74 Å². The minimum absolute atomic E-state index is 0.573. The van der Waals surface area contributed by atoms with Gasteiger partial charge in [-0.3, -0.25) is 0 Å². The molecule has 0 spiro atoms.